The van der Waals surface area contributed by atoms with Crippen LogP contribution in [0, 0.1) is 0 Å². The molecule has 0 unspecified atom stereocenters. The maximum absolute atomic E-state index is 12.1. The van der Waals surface area contributed by atoms with Crippen LogP contribution in [0.15, 0.2) is 55.0 Å². The van der Waals surface area contributed by atoms with E-state index in [2.05, 4.69) is 25.6 Å². The minimum absolute atomic E-state index is 0.214. The molecule has 0 fully saturated rings. The van der Waals surface area contributed by atoms with Gasteiger partial charge >= 0.3 is 0 Å². The van der Waals surface area contributed by atoms with Crippen molar-refractivity contribution in [1.82, 2.24) is 20.3 Å². The molecule has 0 saturated heterocycles. The molecule has 25 heavy (non-hydrogen) atoms. The van der Waals surface area contributed by atoms with Crippen LogP contribution in [0.5, 0.6) is 0 Å². The Hall–Kier alpha value is -2.70. The number of hydrogen-bond donors (Lipinski definition) is 2. The molecular formula is C17H13Cl2N5O. The zero-order valence-electron chi connectivity index (χ0n) is 12.9. The highest BCUT2D eigenvalue weighted by Crippen LogP contribution is 2.24. The molecule has 3 aromatic rings. The number of pyridine rings is 1. The standard InChI is InChI=1S/C17H13Cl2N5O/c18-11-5-12(19)7-14(6-11)24-16-10-21-15(9-22-16)17(25)23-8-13-3-1-2-4-20-13/h1-7,9-10H,8H2,(H,22,24)(H,23,25). The first kappa shape index (κ1) is 17.1. The van der Waals surface area contributed by atoms with Crippen LogP contribution < -0.4 is 10.6 Å². The number of carbonyl (C=O) groups excluding carboxylic acids is 1. The quantitative estimate of drug-likeness (QED) is 0.709. The SMILES string of the molecule is O=C(NCc1ccccn1)c1cnc(Nc2cc(Cl)cc(Cl)c2)cn1. The average Bonchev–Trinajstić information content (AvgIpc) is 2.60. The molecular weight excluding hydrogens is 361 g/mol. The van der Waals surface area contributed by atoms with Gasteiger partial charge in [-0.25, -0.2) is 9.97 Å². The van der Waals surface area contributed by atoms with Crippen molar-refractivity contribution in [3.63, 3.8) is 0 Å². The first-order chi connectivity index (χ1) is 12.1. The molecule has 1 aromatic carbocycles. The van der Waals surface area contributed by atoms with Gasteiger partial charge in [0, 0.05) is 21.9 Å². The molecule has 0 bridgehead atoms. The summed E-state index contributed by atoms with van der Waals surface area (Å²) in [6.07, 6.45) is 4.52. The minimum Gasteiger partial charge on any atom is -0.345 e. The van der Waals surface area contributed by atoms with E-state index in [1.165, 1.54) is 12.4 Å². The average molecular weight is 374 g/mol. The predicted octanol–water partition coefficient (Wildman–Crippen LogP) is 3.85. The van der Waals surface area contributed by atoms with Gasteiger partial charge in [-0.2, -0.15) is 0 Å². The predicted molar refractivity (Wildman–Crippen MR) is 97.2 cm³/mol. The van der Waals surface area contributed by atoms with Gasteiger partial charge in [-0.1, -0.05) is 29.3 Å². The maximum Gasteiger partial charge on any atom is 0.271 e. The first-order valence-electron chi connectivity index (χ1n) is 7.33. The summed E-state index contributed by atoms with van der Waals surface area (Å²) in [5, 5.41) is 6.78. The number of aromatic nitrogens is 3. The van der Waals surface area contributed by atoms with Crippen molar-refractivity contribution in [2.45, 2.75) is 6.54 Å². The Morgan fingerprint density at radius 2 is 1.80 bits per heavy atom. The molecule has 2 N–H and O–H groups in total. The molecule has 1 amide bonds. The molecule has 0 aliphatic rings. The fourth-order valence-corrected chi connectivity index (χ4v) is 2.57. The number of carbonyl (C=O) groups is 1. The summed E-state index contributed by atoms with van der Waals surface area (Å²) in [6, 6.07) is 10.6. The Kier molecular flexibility index (Phi) is 5.42. The topological polar surface area (TPSA) is 79.8 Å². The second-order valence-electron chi connectivity index (χ2n) is 5.07. The zero-order valence-corrected chi connectivity index (χ0v) is 14.4. The van der Waals surface area contributed by atoms with Gasteiger partial charge in [-0.3, -0.25) is 9.78 Å². The summed E-state index contributed by atoms with van der Waals surface area (Å²) in [5.41, 5.74) is 1.66. The van der Waals surface area contributed by atoms with Crippen LogP contribution in [0.4, 0.5) is 11.5 Å². The van der Waals surface area contributed by atoms with E-state index in [4.69, 9.17) is 23.2 Å². The first-order valence-corrected chi connectivity index (χ1v) is 8.09. The van der Waals surface area contributed by atoms with Crippen molar-refractivity contribution in [3.8, 4) is 0 Å². The van der Waals surface area contributed by atoms with Crippen LogP contribution in [0.2, 0.25) is 10.0 Å². The Morgan fingerprint density at radius 1 is 1.00 bits per heavy atom. The van der Waals surface area contributed by atoms with Crippen molar-refractivity contribution in [3.05, 3.63) is 76.4 Å². The zero-order chi connectivity index (χ0) is 17.6. The molecule has 2 heterocycles. The van der Waals surface area contributed by atoms with Crippen LogP contribution in [-0.2, 0) is 6.54 Å². The van der Waals surface area contributed by atoms with Gasteiger partial charge in [0.05, 0.1) is 24.6 Å². The van der Waals surface area contributed by atoms with Crippen molar-refractivity contribution in [2.24, 2.45) is 0 Å². The van der Waals surface area contributed by atoms with Crippen molar-refractivity contribution in [1.29, 1.82) is 0 Å². The molecule has 3 rings (SSSR count). The molecule has 0 spiro atoms. The number of rotatable bonds is 5. The van der Waals surface area contributed by atoms with E-state index >= 15 is 0 Å². The van der Waals surface area contributed by atoms with Gasteiger partial charge < -0.3 is 10.6 Å². The fourth-order valence-electron chi connectivity index (χ4n) is 2.05. The van der Waals surface area contributed by atoms with Crippen LogP contribution in [0.1, 0.15) is 16.2 Å². The van der Waals surface area contributed by atoms with Gasteiger partial charge in [0.2, 0.25) is 0 Å². The number of hydrogen-bond acceptors (Lipinski definition) is 5. The third kappa shape index (κ3) is 4.89. The second kappa shape index (κ2) is 7.92. The summed E-state index contributed by atoms with van der Waals surface area (Å²) in [7, 11) is 0. The lowest BCUT2D eigenvalue weighted by Gasteiger charge is -2.07. The second-order valence-corrected chi connectivity index (χ2v) is 5.95. The Morgan fingerprint density at radius 3 is 2.44 bits per heavy atom. The Labute approximate surface area is 154 Å². The van der Waals surface area contributed by atoms with Gasteiger partial charge in [0.25, 0.3) is 5.91 Å². The molecule has 0 radical (unpaired) electrons. The largest absolute Gasteiger partial charge is 0.345 e. The smallest absolute Gasteiger partial charge is 0.271 e. The van der Waals surface area contributed by atoms with Crippen molar-refractivity contribution in [2.75, 3.05) is 5.32 Å². The summed E-state index contributed by atoms with van der Waals surface area (Å²) >= 11 is 11.9. The van der Waals surface area contributed by atoms with Crippen molar-refractivity contribution >= 4 is 40.6 Å². The third-order valence-electron chi connectivity index (χ3n) is 3.18. The summed E-state index contributed by atoms with van der Waals surface area (Å²) in [4.78, 5) is 24.5. The molecule has 8 heteroatoms. The Balaban J connectivity index is 1.62. The van der Waals surface area contributed by atoms with Crippen LogP contribution in [-0.4, -0.2) is 20.9 Å². The van der Waals surface area contributed by atoms with Gasteiger partial charge in [-0.15, -0.1) is 0 Å². The number of nitrogens with zero attached hydrogens (tertiary/aromatic N) is 3. The maximum atomic E-state index is 12.1. The van der Waals surface area contributed by atoms with E-state index in [0.717, 1.165) is 5.69 Å². The van der Waals surface area contributed by atoms with E-state index in [-0.39, 0.29) is 11.6 Å². The van der Waals surface area contributed by atoms with Crippen LogP contribution in [0.25, 0.3) is 0 Å². The van der Waals surface area contributed by atoms with Gasteiger partial charge in [0.15, 0.2) is 0 Å². The molecule has 6 nitrogen and oxygen atoms in total. The number of amides is 1. The lowest BCUT2D eigenvalue weighted by atomic mass is 10.3. The number of nitrogens with one attached hydrogen (secondary N) is 2. The number of benzene rings is 1. The lowest BCUT2D eigenvalue weighted by Crippen LogP contribution is -2.24. The van der Waals surface area contributed by atoms with Gasteiger partial charge in [-0.05, 0) is 30.3 Å². The fraction of sp³-hybridized carbons (Fsp3) is 0.0588. The van der Waals surface area contributed by atoms with E-state index in [1.54, 1.807) is 24.4 Å². The molecule has 126 valence electrons. The Bertz CT molecular complexity index is 852. The normalized spacial score (nSPS) is 10.3. The van der Waals surface area contributed by atoms with E-state index < -0.39 is 0 Å². The van der Waals surface area contributed by atoms with Crippen molar-refractivity contribution < 1.29 is 4.79 Å². The molecule has 0 aliphatic carbocycles. The molecule has 0 saturated carbocycles. The lowest BCUT2D eigenvalue weighted by molar-refractivity contribution is 0.0945. The number of anilines is 2. The molecule has 2 aromatic heterocycles. The molecule has 0 atom stereocenters. The summed E-state index contributed by atoms with van der Waals surface area (Å²) < 4.78 is 0. The summed E-state index contributed by atoms with van der Waals surface area (Å²) in [6.45, 7) is 0.322. The third-order valence-corrected chi connectivity index (χ3v) is 3.61. The van der Waals surface area contributed by atoms with Crippen LogP contribution >= 0.6 is 23.2 Å². The van der Waals surface area contributed by atoms with Gasteiger partial charge in [0.1, 0.15) is 11.5 Å². The van der Waals surface area contributed by atoms with E-state index in [9.17, 15) is 4.79 Å². The van der Waals surface area contributed by atoms with Crippen LogP contribution in [0.3, 0.4) is 0 Å². The summed E-state index contributed by atoms with van der Waals surface area (Å²) in [5.74, 6) is 0.148. The number of halogens is 2. The highest BCUT2D eigenvalue weighted by molar-refractivity contribution is 6.35. The molecule has 0 aliphatic heterocycles. The highest BCUT2D eigenvalue weighted by Gasteiger charge is 2.08. The van der Waals surface area contributed by atoms with E-state index in [0.29, 0.717) is 28.1 Å². The monoisotopic (exact) mass is 373 g/mol. The highest BCUT2D eigenvalue weighted by atomic mass is 35.5. The van der Waals surface area contributed by atoms with E-state index in [1.807, 2.05) is 18.2 Å². The minimum atomic E-state index is -0.324.